The lowest BCUT2D eigenvalue weighted by atomic mass is 10.0. The van der Waals surface area contributed by atoms with Crippen molar-refractivity contribution < 1.29 is 39.0 Å². The van der Waals surface area contributed by atoms with Crippen LogP contribution < -0.4 is 32.7 Å². The second-order valence-electron chi connectivity index (χ2n) is 7.90. The van der Waals surface area contributed by atoms with Gasteiger partial charge in [-0.05, 0) is 25.7 Å². The number of carboxylic acid groups (broad SMARTS) is 1. The summed E-state index contributed by atoms with van der Waals surface area (Å²) in [4.78, 5) is 71.2. The van der Waals surface area contributed by atoms with Crippen LogP contribution in [0, 0.1) is 5.92 Å². The molecule has 33 heavy (non-hydrogen) atoms. The van der Waals surface area contributed by atoms with Crippen molar-refractivity contribution in [2.75, 3.05) is 13.2 Å². The van der Waals surface area contributed by atoms with E-state index >= 15 is 0 Å². The van der Waals surface area contributed by atoms with Gasteiger partial charge in [0.05, 0.1) is 19.2 Å². The second kappa shape index (κ2) is 14.7. The standard InChI is InChI=1S/C19H34N6O8/c1-9(2)6-12(19(33)25-13(8-26)16(21)30)24-18(32)11(4-5-15(28)29)23-14(27)7-22-17(31)10(3)20/h9-13,26H,4-8,20H2,1-3H3,(H2,21,30)(H,22,31)(H,23,27)(H,24,32)(H,25,33)(H,28,29)/t10-,11-,12-,13-/m0/s1. The van der Waals surface area contributed by atoms with Gasteiger partial charge in [-0.25, -0.2) is 0 Å². The van der Waals surface area contributed by atoms with Gasteiger partial charge >= 0.3 is 5.97 Å². The number of aliphatic carboxylic acids is 1. The van der Waals surface area contributed by atoms with Gasteiger partial charge in [0.25, 0.3) is 0 Å². The molecule has 0 spiro atoms. The number of nitrogens with two attached hydrogens (primary N) is 2. The summed E-state index contributed by atoms with van der Waals surface area (Å²) in [6, 6.07) is -4.71. The molecule has 0 unspecified atom stereocenters. The zero-order chi connectivity index (χ0) is 25.7. The number of primary amides is 1. The lowest BCUT2D eigenvalue weighted by Crippen LogP contribution is -2.57. The number of aliphatic hydroxyl groups is 1. The fraction of sp³-hybridized carbons (Fsp3) is 0.684. The molecule has 10 N–H and O–H groups in total. The van der Waals surface area contributed by atoms with E-state index < -0.39 is 79.2 Å². The normalized spacial score (nSPS) is 14.4. The van der Waals surface area contributed by atoms with E-state index in [1.165, 1.54) is 6.92 Å². The van der Waals surface area contributed by atoms with Crippen molar-refractivity contribution >= 4 is 35.5 Å². The highest BCUT2D eigenvalue weighted by atomic mass is 16.4. The predicted molar refractivity (Wildman–Crippen MR) is 115 cm³/mol. The Kier molecular flexibility index (Phi) is 13.3. The maximum Gasteiger partial charge on any atom is 0.303 e. The first kappa shape index (κ1) is 29.7. The van der Waals surface area contributed by atoms with E-state index in [2.05, 4.69) is 21.3 Å². The monoisotopic (exact) mass is 474 g/mol. The van der Waals surface area contributed by atoms with Gasteiger partial charge in [0.15, 0.2) is 0 Å². The van der Waals surface area contributed by atoms with Crippen LogP contribution >= 0.6 is 0 Å². The molecule has 0 heterocycles. The summed E-state index contributed by atoms with van der Waals surface area (Å²) < 4.78 is 0. The van der Waals surface area contributed by atoms with Gasteiger partial charge in [0.2, 0.25) is 29.5 Å². The smallest absolute Gasteiger partial charge is 0.303 e. The van der Waals surface area contributed by atoms with E-state index in [9.17, 15) is 33.9 Å². The first-order chi connectivity index (χ1) is 15.3. The van der Waals surface area contributed by atoms with Gasteiger partial charge in [-0.2, -0.15) is 0 Å². The maximum absolute atomic E-state index is 12.8. The molecule has 0 aromatic carbocycles. The van der Waals surface area contributed by atoms with Crippen LogP contribution in [0.15, 0.2) is 0 Å². The lowest BCUT2D eigenvalue weighted by molar-refractivity contribution is -0.138. The number of carboxylic acids is 1. The molecular weight excluding hydrogens is 440 g/mol. The molecule has 0 aromatic rings. The highest BCUT2D eigenvalue weighted by molar-refractivity contribution is 5.95. The van der Waals surface area contributed by atoms with E-state index in [0.29, 0.717) is 0 Å². The average Bonchev–Trinajstić information content (AvgIpc) is 2.71. The topological polar surface area (TPSA) is 243 Å². The third-order valence-electron chi connectivity index (χ3n) is 4.32. The van der Waals surface area contributed by atoms with Crippen molar-refractivity contribution in [1.82, 2.24) is 21.3 Å². The molecule has 0 radical (unpaired) electrons. The van der Waals surface area contributed by atoms with Crippen LogP contribution in [0.5, 0.6) is 0 Å². The number of rotatable bonds is 15. The number of amides is 5. The van der Waals surface area contributed by atoms with Crippen LogP contribution in [0.3, 0.4) is 0 Å². The van der Waals surface area contributed by atoms with Crippen molar-refractivity contribution in [1.29, 1.82) is 0 Å². The highest BCUT2D eigenvalue weighted by Crippen LogP contribution is 2.07. The number of carbonyl (C=O) groups is 6. The Balaban J connectivity index is 5.38. The largest absolute Gasteiger partial charge is 0.481 e. The molecule has 0 aromatic heterocycles. The molecule has 0 aliphatic rings. The second-order valence-corrected chi connectivity index (χ2v) is 7.90. The number of hydrogen-bond acceptors (Lipinski definition) is 8. The molecule has 0 saturated carbocycles. The molecule has 0 rings (SSSR count). The summed E-state index contributed by atoms with van der Waals surface area (Å²) in [6.07, 6.45) is -0.608. The van der Waals surface area contributed by atoms with E-state index in [4.69, 9.17) is 16.6 Å². The predicted octanol–water partition coefficient (Wildman–Crippen LogP) is -3.71. The summed E-state index contributed by atoms with van der Waals surface area (Å²) in [7, 11) is 0. The molecule has 14 heteroatoms. The van der Waals surface area contributed by atoms with Crippen LogP contribution in [0.2, 0.25) is 0 Å². The average molecular weight is 475 g/mol. The molecule has 0 aliphatic heterocycles. The molecule has 0 fully saturated rings. The quantitative estimate of drug-likeness (QED) is 0.116. The van der Waals surface area contributed by atoms with Gasteiger partial charge in [0, 0.05) is 6.42 Å². The Bertz CT molecular complexity index is 727. The van der Waals surface area contributed by atoms with Gasteiger partial charge in [-0.1, -0.05) is 13.8 Å². The zero-order valence-electron chi connectivity index (χ0n) is 18.9. The SMILES string of the molecule is CC(C)C[C@H](NC(=O)[C@H](CCC(=O)O)NC(=O)CNC(=O)[C@H](C)N)C(=O)N[C@@H](CO)C(N)=O. The molecule has 14 nitrogen and oxygen atoms in total. The number of nitrogens with one attached hydrogen (secondary N) is 4. The van der Waals surface area contributed by atoms with Crippen LogP contribution in [0.25, 0.3) is 0 Å². The Morgan fingerprint density at radius 3 is 1.85 bits per heavy atom. The fourth-order valence-electron chi connectivity index (χ4n) is 2.56. The van der Waals surface area contributed by atoms with Gasteiger partial charge < -0.3 is 42.9 Å². The Morgan fingerprint density at radius 1 is 0.848 bits per heavy atom. The number of hydrogen-bond donors (Lipinski definition) is 8. The maximum atomic E-state index is 12.8. The first-order valence-corrected chi connectivity index (χ1v) is 10.3. The Hall–Kier alpha value is -3.26. The third kappa shape index (κ3) is 12.4. The molecule has 4 atom stereocenters. The number of aliphatic hydroxyl groups excluding tert-OH is 1. The summed E-state index contributed by atoms with van der Waals surface area (Å²) in [5.74, 6) is -5.27. The minimum atomic E-state index is -1.36. The summed E-state index contributed by atoms with van der Waals surface area (Å²) in [5.41, 5.74) is 10.5. The van der Waals surface area contributed by atoms with Crippen LogP contribution in [0.1, 0.15) is 40.0 Å². The third-order valence-corrected chi connectivity index (χ3v) is 4.32. The first-order valence-electron chi connectivity index (χ1n) is 10.3. The van der Waals surface area contributed by atoms with E-state index in [1.54, 1.807) is 13.8 Å². The lowest BCUT2D eigenvalue weighted by Gasteiger charge is -2.25. The molecule has 0 aliphatic carbocycles. The minimum Gasteiger partial charge on any atom is -0.481 e. The van der Waals surface area contributed by atoms with Crippen molar-refractivity contribution in [3.05, 3.63) is 0 Å². The zero-order valence-corrected chi connectivity index (χ0v) is 18.9. The molecule has 188 valence electrons. The number of carbonyl (C=O) groups excluding carboxylic acids is 5. The molecule has 0 bridgehead atoms. The summed E-state index contributed by atoms with van der Waals surface area (Å²) in [6.45, 7) is 3.72. The minimum absolute atomic E-state index is 0.0808. The summed E-state index contributed by atoms with van der Waals surface area (Å²) >= 11 is 0. The fourth-order valence-corrected chi connectivity index (χ4v) is 2.56. The highest BCUT2D eigenvalue weighted by Gasteiger charge is 2.29. The van der Waals surface area contributed by atoms with E-state index in [1.807, 2.05) is 0 Å². The van der Waals surface area contributed by atoms with Crippen molar-refractivity contribution in [3.63, 3.8) is 0 Å². The Morgan fingerprint density at radius 2 is 1.39 bits per heavy atom. The van der Waals surface area contributed by atoms with E-state index in [-0.39, 0.29) is 18.8 Å². The molecule has 5 amide bonds. The van der Waals surface area contributed by atoms with Crippen LogP contribution in [-0.2, 0) is 28.8 Å². The van der Waals surface area contributed by atoms with Gasteiger partial charge in [0.1, 0.15) is 18.1 Å². The van der Waals surface area contributed by atoms with E-state index in [0.717, 1.165) is 0 Å². The van der Waals surface area contributed by atoms with Crippen molar-refractivity contribution in [2.45, 2.75) is 64.2 Å². The van der Waals surface area contributed by atoms with Crippen molar-refractivity contribution in [2.24, 2.45) is 17.4 Å². The van der Waals surface area contributed by atoms with Gasteiger partial charge in [-0.15, -0.1) is 0 Å². The van der Waals surface area contributed by atoms with Crippen LogP contribution in [0.4, 0.5) is 0 Å². The summed E-state index contributed by atoms with van der Waals surface area (Å²) in [5, 5.41) is 27.4. The van der Waals surface area contributed by atoms with Crippen molar-refractivity contribution in [3.8, 4) is 0 Å². The molecular formula is C19H34N6O8. The molecule has 0 saturated heterocycles. The van der Waals surface area contributed by atoms with Crippen LogP contribution in [-0.4, -0.2) is 83.0 Å². The van der Waals surface area contributed by atoms with Gasteiger partial charge in [-0.3, -0.25) is 28.8 Å². The Labute approximate surface area is 191 Å².